The molecule has 2 aromatic carbocycles. The summed E-state index contributed by atoms with van der Waals surface area (Å²) in [6, 6.07) is 18.5. The highest BCUT2D eigenvalue weighted by Gasteiger charge is 2.15. The van der Waals surface area contributed by atoms with Crippen LogP contribution in [0.3, 0.4) is 0 Å². The standard InChI is InChI=1S/C25H28N4OS2/c1-4-19-10-12-22(13-11-19)30-15-23-27-28-25(29(23)14-18(2)3)32-17-21-16-31-24(26-21)20-8-6-5-7-9-20/h5-13,16,18H,4,14-15,17H2,1-3H3. The number of thiazole rings is 1. The zero-order chi connectivity index (χ0) is 22.3. The van der Waals surface area contributed by atoms with Crippen molar-refractivity contribution in [1.82, 2.24) is 19.7 Å². The summed E-state index contributed by atoms with van der Waals surface area (Å²) in [5.74, 6) is 2.95. The lowest BCUT2D eigenvalue weighted by Gasteiger charge is -2.13. The fraction of sp³-hybridized carbons (Fsp3) is 0.320. The van der Waals surface area contributed by atoms with E-state index in [2.05, 4.69) is 65.2 Å². The first kappa shape index (κ1) is 22.6. The molecule has 0 bridgehead atoms. The Hall–Kier alpha value is -2.64. The van der Waals surface area contributed by atoms with Crippen LogP contribution in [0.2, 0.25) is 0 Å². The number of rotatable bonds is 10. The number of benzene rings is 2. The zero-order valence-electron chi connectivity index (χ0n) is 18.7. The number of nitrogens with zero attached hydrogens (tertiary/aromatic N) is 4. The third-order valence-corrected chi connectivity index (χ3v) is 6.90. The summed E-state index contributed by atoms with van der Waals surface area (Å²) in [4.78, 5) is 4.80. The van der Waals surface area contributed by atoms with Crippen LogP contribution in [0.25, 0.3) is 10.6 Å². The van der Waals surface area contributed by atoms with Crippen molar-refractivity contribution in [2.75, 3.05) is 0 Å². The number of hydrogen-bond acceptors (Lipinski definition) is 6. The van der Waals surface area contributed by atoms with Crippen molar-refractivity contribution in [3.8, 4) is 16.3 Å². The Morgan fingerprint density at radius 1 is 1.03 bits per heavy atom. The van der Waals surface area contributed by atoms with Gasteiger partial charge in [-0.05, 0) is 30.0 Å². The largest absolute Gasteiger partial charge is 0.486 e. The topological polar surface area (TPSA) is 52.8 Å². The van der Waals surface area contributed by atoms with Crippen LogP contribution in [0.4, 0.5) is 0 Å². The van der Waals surface area contributed by atoms with Gasteiger partial charge in [-0.25, -0.2) is 4.98 Å². The van der Waals surface area contributed by atoms with Gasteiger partial charge in [-0.15, -0.1) is 21.5 Å². The number of ether oxygens (including phenoxy) is 1. The molecule has 0 aliphatic heterocycles. The average molecular weight is 465 g/mol. The van der Waals surface area contributed by atoms with E-state index in [1.807, 2.05) is 30.3 Å². The summed E-state index contributed by atoms with van der Waals surface area (Å²) < 4.78 is 8.18. The first-order valence-electron chi connectivity index (χ1n) is 10.9. The number of hydrogen-bond donors (Lipinski definition) is 0. The number of aromatic nitrogens is 4. The lowest BCUT2D eigenvalue weighted by atomic mass is 10.2. The van der Waals surface area contributed by atoms with E-state index < -0.39 is 0 Å². The van der Waals surface area contributed by atoms with E-state index in [1.54, 1.807) is 23.1 Å². The van der Waals surface area contributed by atoms with E-state index in [0.29, 0.717) is 12.5 Å². The van der Waals surface area contributed by atoms with Crippen LogP contribution in [-0.2, 0) is 25.3 Å². The molecule has 0 radical (unpaired) electrons. The molecule has 32 heavy (non-hydrogen) atoms. The van der Waals surface area contributed by atoms with Crippen molar-refractivity contribution in [3.05, 3.63) is 77.1 Å². The molecule has 0 fully saturated rings. The molecular weight excluding hydrogens is 436 g/mol. The predicted octanol–water partition coefficient (Wildman–Crippen LogP) is 6.49. The molecule has 0 amide bonds. The summed E-state index contributed by atoms with van der Waals surface area (Å²) >= 11 is 3.35. The summed E-state index contributed by atoms with van der Waals surface area (Å²) in [6.45, 7) is 7.82. The minimum Gasteiger partial charge on any atom is -0.486 e. The number of thioether (sulfide) groups is 1. The molecule has 0 spiro atoms. The highest BCUT2D eigenvalue weighted by Crippen LogP contribution is 2.28. The summed E-state index contributed by atoms with van der Waals surface area (Å²) in [5, 5.41) is 13.0. The average Bonchev–Trinajstić information content (AvgIpc) is 3.44. The molecule has 0 aliphatic carbocycles. The molecule has 0 aliphatic rings. The van der Waals surface area contributed by atoms with Crippen LogP contribution < -0.4 is 4.74 Å². The molecule has 4 aromatic rings. The fourth-order valence-electron chi connectivity index (χ4n) is 3.28. The maximum absolute atomic E-state index is 6.00. The SMILES string of the molecule is CCc1ccc(OCc2nnc(SCc3csc(-c4ccccc4)n3)n2CC(C)C)cc1. The normalized spacial score (nSPS) is 11.2. The van der Waals surface area contributed by atoms with Gasteiger partial charge in [0.2, 0.25) is 0 Å². The molecule has 4 rings (SSSR count). The van der Waals surface area contributed by atoms with Crippen LogP contribution in [-0.4, -0.2) is 19.7 Å². The van der Waals surface area contributed by atoms with Gasteiger partial charge < -0.3 is 9.30 Å². The highest BCUT2D eigenvalue weighted by atomic mass is 32.2. The lowest BCUT2D eigenvalue weighted by Crippen LogP contribution is -2.12. The molecule has 0 N–H and O–H groups in total. The molecule has 0 atom stereocenters. The van der Waals surface area contributed by atoms with Crippen molar-refractivity contribution in [2.45, 2.75) is 51.3 Å². The Morgan fingerprint density at radius 2 is 1.81 bits per heavy atom. The van der Waals surface area contributed by atoms with Crippen molar-refractivity contribution in [1.29, 1.82) is 0 Å². The predicted molar refractivity (Wildman–Crippen MR) is 132 cm³/mol. The zero-order valence-corrected chi connectivity index (χ0v) is 20.3. The van der Waals surface area contributed by atoms with Gasteiger partial charge in [-0.1, -0.05) is 75.0 Å². The Labute approximate surface area is 197 Å². The van der Waals surface area contributed by atoms with Gasteiger partial charge in [0.25, 0.3) is 0 Å². The van der Waals surface area contributed by atoms with Gasteiger partial charge in [0, 0.05) is 23.2 Å². The van der Waals surface area contributed by atoms with E-state index in [0.717, 1.165) is 51.7 Å². The Bertz CT molecular complexity index is 1120. The molecule has 166 valence electrons. The molecule has 2 aromatic heterocycles. The minimum atomic E-state index is 0.403. The fourth-order valence-corrected chi connectivity index (χ4v) is 5.07. The van der Waals surface area contributed by atoms with Crippen molar-refractivity contribution < 1.29 is 4.74 Å². The molecular formula is C25H28N4OS2. The molecule has 2 heterocycles. The first-order chi connectivity index (χ1) is 15.6. The second-order valence-electron chi connectivity index (χ2n) is 7.99. The highest BCUT2D eigenvalue weighted by molar-refractivity contribution is 7.98. The summed E-state index contributed by atoms with van der Waals surface area (Å²) in [6.07, 6.45) is 1.02. The van der Waals surface area contributed by atoms with E-state index in [4.69, 9.17) is 9.72 Å². The van der Waals surface area contributed by atoms with Crippen LogP contribution in [0.1, 0.15) is 37.9 Å². The van der Waals surface area contributed by atoms with Gasteiger partial charge in [0.1, 0.15) is 17.4 Å². The van der Waals surface area contributed by atoms with Crippen LogP contribution in [0.15, 0.2) is 65.1 Å². The molecule has 0 saturated carbocycles. The van der Waals surface area contributed by atoms with Crippen LogP contribution >= 0.6 is 23.1 Å². The lowest BCUT2D eigenvalue weighted by molar-refractivity contribution is 0.284. The van der Waals surface area contributed by atoms with E-state index in [1.165, 1.54) is 5.56 Å². The van der Waals surface area contributed by atoms with E-state index in [9.17, 15) is 0 Å². The monoisotopic (exact) mass is 464 g/mol. The van der Waals surface area contributed by atoms with Crippen LogP contribution in [0, 0.1) is 5.92 Å². The van der Waals surface area contributed by atoms with Gasteiger partial charge in [-0.3, -0.25) is 0 Å². The second kappa shape index (κ2) is 10.8. The van der Waals surface area contributed by atoms with Gasteiger partial charge in [-0.2, -0.15) is 0 Å². The van der Waals surface area contributed by atoms with Gasteiger partial charge in [0.05, 0.1) is 5.69 Å². The number of aryl methyl sites for hydroxylation is 1. The Morgan fingerprint density at radius 3 is 2.53 bits per heavy atom. The van der Waals surface area contributed by atoms with Crippen molar-refractivity contribution in [2.24, 2.45) is 5.92 Å². The van der Waals surface area contributed by atoms with Crippen molar-refractivity contribution in [3.63, 3.8) is 0 Å². The van der Waals surface area contributed by atoms with Crippen molar-refractivity contribution >= 4 is 23.1 Å². The molecule has 7 heteroatoms. The van der Waals surface area contributed by atoms with Crippen LogP contribution in [0.5, 0.6) is 5.75 Å². The van der Waals surface area contributed by atoms with Gasteiger partial charge >= 0.3 is 0 Å². The Kier molecular flexibility index (Phi) is 7.60. The maximum atomic E-state index is 6.00. The smallest absolute Gasteiger partial charge is 0.191 e. The minimum absolute atomic E-state index is 0.403. The summed E-state index contributed by atoms with van der Waals surface area (Å²) in [5.41, 5.74) is 3.52. The third kappa shape index (κ3) is 5.78. The molecule has 5 nitrogen and oxygen atoms in total. The quantitative estimate of drug-likeness (QED) is 0.251. The molecule has 0 unspecified atom stereocenters. The Balaban J connectivity index is 1.43. The first-order valence-corrected chi connectivity index (χ1v) is 12.7. The van der Waals surface area contributed by atoms with Gasteiger partial charge in [0.15, 0.2) is 11.0 Å². The summed E-state index contributed by atoms with van der Waals surface area (Å²) in [7, 11) is 0. The molecule has 0 saturated heterocycles. The van der Waals surface area contributed by atoms with E-state index >= 15 is 0 Å². The maximum Gasteiger partial charge on any atom is 0.191 e. The second-order valence-corrected chi connectivity index (χ2v) is 9.79. The third-order valence-electron chi connectivity index (χ3n) is 4.96. The van der Waals surface area contributed by atoms with E-state index in [-0.39, 0.29) is 0 Å².